The van der Waals surface area contributed by atoms with E-state index in [1.54, 1.807) is 44.6 Å². The minimum absolute atomic E-state index is 0.214. The molecule has 2 atom stereocenters. The normalized spacial score (nSPS) is 15.9. The van der Waals surface area contributed by atoms with E-state index in [1.165, 1.54) is 7.11 Å². The first-order valence-corrected chi connectivity index (χ1v) is 13.2. The first-order chi connectivity index (χ1) is 16.9. The zero-order chi connectivity index (χ0) is 24.8. The van der Waals surface area contributed by atoms with Crippen molar-refractivity contribution in [2.24, 2.45) is 0 Å². The van der Waals surface area contributed by atoms with E-state index in [9.17, 15) is 9.36 Å². The monoisotopic (exact) mass is 503 g/mol. The first-order valence-electron chi connectivity index (χ1n) is 11.3. The predicted octanol–water partition coefficient (Wildman–Crippen LogP) is 2.84. The summed E-state index contributed by atoms with van der Waals surface area (Å²) in [6.45, 7) is 2.18. The summed E-state index contributed by atoms with van der Waals surface area (Å²) in [6, 6.07) is 8.30. The molecular formula is C22H30N7O5P. The van der Waals surface area contributed by atoms with Crippen molar-refractivity contribution in [1.29, 1.82) is 0 Å². The molecule has 0 spiro atoms. The smallest absolute Gasteiger partial charge is 0.342 e. The Balaban J connectivity index is 1.42. The molecule has 0 radical (unpaired) electrons. The van der Waals surface area contributed by atoms with Crippen molar-refractivity contribution in [1.82, 2.24) is 24.6 Å². The fraction of sp³-hybridized carbons (Fsp3) is 0.455. The number of hydrogen-bond acceptors (Lipinski definition) is 10. The van der Waals surface area contributed by atoms with Gasteiger partial charge in [-0.3, -0.25) is 9.36 Å². The van der Waals surface area contributed by atoms with Crippen molar-refractivity contribution in [3.05, 3.63) is 36.7 Å². The van der Waals surface area contributed by atoms with Gasteiger partial charge in [0.25, 0.3) is 0 Å². The lowest BCUT2D eigenvalue weighted by Crippen LogP contribution is -2.35. The summed E-state index contributed by atoms with van der Waals surface area (Å²) in [5, 5.41) is 9.11. The molecule has 1 aromatic carbocycles. The SMILES string of the molecule is CNc1nc(NC2CC2)c2ncn(CCOCP(=O)(N[C@H](C)C(=O)OC)Oc3ccccc3)c2n1. The average Bonchev–Trinajstić information content (AvgIpc) is 3.58. The molecule has 2 aromatic heterocycles. The molecule has 3 aromatic rings. The molecule has 0 amide bonds. The summed E-state index contributed by atoms with van der Waals surface area (Å²) < 4.78 is 31.5. The van der Waals surface area contributed by atoms with E-state index >= 15 is 0 Å². The Hall–Kier alpha value is -3.21. The van der Waals surface area contributed by atoms with E-state index < -0.39 is 19.5 Å². The number of methoxy groups -OCH3 is 1. The fourth-order valence-corrected chi connectivity index (χ4v) is 5.06. The van der Waals surface area contributed by atoms with Gasteiger partial charge in [-0.05, 0) is 31.9 Å². The molecule has 3 N–H and O–H groups in total. The van der Waals surface area contributed by atoms with Crippen LogP contribution in [0.2, 0.25) is 0 Å². The maximum Gasteiger partial charge on any atom is 0.342 e. The van der Waals surface area contributed by atoms with E-state index in [0.717, 1.165) is 12.8 Å². The number of para-hydroxylation sites is 1. The lowest BCUT2D eigenvalue weighted by molar-refractivity contribution is -0.142. The van der Waals surface area contributed by atoms with E-state index in [4.69, 9.17) is 14.0 Å². The molecule has 0 aliphatic heterocycles. The predicted molar refractivity (Wildman–Crippen MR) is 132 cm³/mol. The molecule has 4 rings (SSSR count). The Kier molecular flexibility index (Phi) is 7.84. The van der Waals surface area contributed by atoms with E-state index in [-0.39, 0.29) is 13.0 Å². The second-order valence-electron chi connectivity index (χ2n) is 8.16. The molecule has 12 nitrogen and oxygen atoms in total. The van der Waals surface area contributed by atoms with Crippen LogP contribution >= 0.6 is 7.52 Å². The highest BCUT2D eigenvalue weighted by Gasteiger charge is 2.30. The van der Waals surface area contributed by atoms with Gasteiger partial charge < -0.3 is 29.2 Å². The van der Waals surface area contributed by atoms with Gasteiger partial charge in [0.15, 0.2) is 17.0 Å². The van der Waals surface area contributed by atoms with Crippen LogP contribution in [0.5, 0.6) is 5.75 Å². The van der Waals surface area contributed by atoms with Gasteiger partial charge in [0.05, 0.1) is 20.0 Å². The Bertz CT molecular complexity index is 1200. The zero-order valence-electron chi connectivity index (χ0n) is 19.9. The van der Waals surface area contributed by atoms with Crippen LogP contribution in [0.15, 0.2) is 36.7 Å². The number of hydrogen-bond donors (Lipinski definition) is 3. The number of aromatic nitrogens is 4. The maximum absolute atomic E-state index is 13.5. The van der Waals surface area contributed by atoms with E-state index in [2.05, 4.69) is 30.7 Å². The third-order valence-corrected chi connectivity index (χ3v) is 7.09. The van der Waals surface area contributed by atoms with Crippen molar-refractivity contribution in [2.45, 2.75) is 38.4 Å². The van der Waals surface area contributed by atoms with Gasteiger partial charge in [-0.15, -0.1) is 0 Å². The highest BCUT2D eigenvalue weighted by Crippen LogP contribution is 2.43. The first kappa shape index (κ1) is 24.9. The molecule has 1 aliphatic rings. The molecule has 2 heterocycles. The highest BCUT2D eigenvalue weighted by atomic mass is 31.2. The van der Waals surface area contributed by atoms with Gasteiger partial charge in [0, 0.05) is 19.6 Å². The third-order valence-electron chi connectivity index (χ3n) is 5.28. The van der Waals surface area contributed by atoms with Crippen LogP contribution in [0.3, 0.4) is 0 Å². The van der Waals surface area contributed by atoms with Gasteiger partial charge in [-0.2, -0.15) is 9.97 Å². The molecule has 1 saturated carbocycles. The fourth-order valence-electron chi connectivity index (χ4n) is 3.36. The number of carbonyl (C=O) groups is 1. The van der Waals surface area contributed by atoms with Crippen LogP contribution in [0.25, 0.3) is 11.2 Å². The second-order valence-corrected chi connectivity index (χ2v) is 10.2. The lowest BCUT2D eigenvalue weighted by Gasteiger charge is -2.23. The van der Waals surface area contributed by atoms with Crippen molar-refractivity contribution < 1.29 is 23.4 Å². The number of esters is 1. The van der Waals surface area contributed by atoms with Crippen molar-refractivity contribution in [3.8, 4) is 5.75 Å². The number of fused-ring (bicyclic) bond motifs is 1. The molecular weight excluding hydrogens is 473 g/mol. The molecule has 1 aliphatic carbocycles. The largest absolute Gasteiger partial charge is 0.468 e. The lowest BCUT2D eigenvalue weighted by atomic mass is 10.3. The van der Waals surface area contributed by atoms with E-state index in [1.807, 2.05) is 10.6 Å². The molecule has 35 heavy (non-hydrogen) atoms. The summed E-state index contributed by atoms with van der Waals surface area (Å²) in [6.07, 6.45) is 3.66. The minimum atomic E-state index is -3.59. The Morgan fingerprint density at radius 3 is 2.71 bits per heavy atom. The standard InChI is InChI=1S/C22H30N7O5P/c1-15(21(30)32-3)28-35(31,34-17-7-5-4-6-8-17)14-33-12-11-29-13-24-18-19(25-16-9-10-16)26-22(23-2)27-20(18)29/h4-8,13,15-16H,9-12,14H2,1-3H3,(H,28,31)(H2,23,25,26,27)/t15-,35?/m1/s1. The summed E-state index contributed by atoms with van der Waals surface area (Å²) in [4.78, 5) is 25.4. The maximum atomic E-state index is 13.5. The molecule has 0 bridgehead atoms. The second kappa shape index (κ2) is 11.0. The van der Waals surface area contributed by atoms with Crippen LogP contribution in [-0.4, -0.2) is 64.7 Å². The van der Waals surface area contributed by atoms with Crippen LogP contribution in [-0.2, 0) is 25.4 Å². The number of imidazole rings is 1. The Morgan fingerprint density at radius 2 is 2.03 bits per heavy atom. The summed E-state index contributed by atoms with van der Waals surface area (Å²) >= 11 is 0. The van der Waals surface area contributed by atoms with Gasteiger partial charge in [0.1, 0.15) is 18.1 Å². The number of anilines is 2. The summed E-state index contributed by atoms with van der Waals surface area (Å²) in [5.74, 6) is 1.03. The van der Waals surface area contributed by atoms with Gasteiger partial charge >= 0.3 is 13.5 Å². The number of rotatable bonds is 13. The molecule has 1 unspecified atom stereocenters. The highest BCUT2D eigenvalue weighted by molar-refractivity contribution is 7.57. The van der Waals surface area contributed by atoms with Gasteiger partial charge in [-0.25, -0.2) is 10.1 Å². The Labute approximate surface area is 203 Å². The third kappa shape index (κ3) is 6.47. The van der Waals surface area contributed by atoms with Gasteiger partial charge in [0.2, 0.25) is 5.95 Å². The van der Waals surface area contributed by atoms with Crippen molar-refractivity contribution in [3.63, 3.8) is 0 Å². The molecule has 0 saturated heterocycles. The zero-order valence-corrected chi connectivity index (χ0v) is 20.8. The van der Waals surface area contributed by atoms with Crippen molar-refractivity contribution >= 4 is 36.4 Å². The quantitative estimate of drug-likeness (QED) is 0.180. The number of nitrogens with one attached hydrogen (secondary N) is 3. The van der Waals surface area contributed by atoms with E-state index in [0.29, 0.717) is 41.3 Å². The number of benzene rings is 1. The van der Waals surface area contributed by atoms with Gasteiger partial charge in [-0.1, -0.05) is 18.2 Å². The molecule has 13 heteroatoms. The Morgan fingerprint density at radius 1 is 1.26 bits per heavy atom. The molecule has 1 fully saturated rings. The minimum Gasteiger partial charge on any atom is -0.468 e. The molecule has 188 valence electrons. The average molecular weight is 504 g/mol. The van der Waals surface area contributed by atoms with Crippen LogP contribution in [0.4, 0.5) is 11.8 Å². The number of carbonyl (C=O) groups excluding carboxylic acids is 1. The number of ether oxygens (including phenoxy) is 2. The van der Waals surface area contributed by atoms with Crippen molar-refractivity contribution in [2.75, 3.05) is 37.7 Å². The summed E-state index contributed by atoms with van der Waals surface area (Å²) in [7, 11) is -0.562. The number of nitrogens with zero attached hydrogens (tertiary/aromatic N) is 4. The van der Waals surface area contributed by atoms with Crippen LogP contribution in [0.1, 0.15) is 19.8 Å². The topological polar surface area (TPSA) is 142 Å². The van der Waals surface area contributed by atoms with Crippen LogP contribution < -0.4 is 20.2 Å². The van der Waals surface area contributed by atoms with Crippen LogP contribution in [0, 0.1) is 0 Å². The summed E-state index contributed by atoms with van der Waals surface area (Å²) in [5.41, 5.74) is 1.35.